The molecule has 1 N–H and O–H groups in total. The SMILES string of the molecule is FC(F)(F)C(F)(F)OCCCNCc1cccc(Br)c1. The van der Waals surface area contributed by atoms with Gasteiger partial charge in [-0.05, 0) is 30.7 Å². The van der Waals surface area contributed by atoms with Gasteiger partial charge in [0.15, 0.2) is 0 Å². The Kier molecular flexibility index (Phi) is 6.35. The van der Waals surface area contributed by atoms with Gasteiger partial charge in [-0.25, -0.2) is 0 Å². The number of nitrogens with one attached hydrogen (secondary N) is 1. The standard InChI is InChI=1S/C12H13BrF5NO/c13-10-4-1-3-9(7-10)8-19-5-2-6-20-12(17,18)11(14,15)16/h1,3-4,7,19H,2,5-6,8H2. The molecule has 0 amide bonds. The maximum absolute atomic E-state index is 12.4. The number of hydrogen-bond acceptors (Lipinski definition) is 2. The molecule has 0 heterocycles. The zero-order valence-corrected chi connectivity index (χ0v) is 11.9. The van der Waals surface area contributed by atoms with E-state index in [1.165, 1.54) is 0 Å². The Labute approximate surface area is 121 Å². The number of hydrogen-bond donors (Lipinski definition) is 1. The third-order valence-corrected chi connectivity index (χ3v) is 2.82. The van der Waals surface area contributed by atoms with Gasteiger partial charge in [0, 0.05) is 11.0 Å². The summed E-state index contributed by atoms with van der Waals surface area (Å²) in [4.78, 5) is 0. The first kappa shape index (κ1) is 17.3. The summed E-state index contributed by atoms with van der Waals surface area (Å²) >= 11 is 3.30. The fourth-order valence-electron chi connectivity index (χ4n) is 1.36. The normalized spacial score (nSPS) is 12.7. The monoisotopic (exact) mass is 361 g/mol. The first-order chi connectivity index (χ1) is 9.22. The molecule has 0 saturated heterocycles. The van der Waals surface area contributed by atoms with E-state index in [1.807, 2.05) is 24.3 Å². The minimum Gasteiger partial charge on any atom is -0.313 e. The third-order valence-electron chi connectivity index (χ3n) is 2.33. The number of ether oxygens (including phenoxy) is 1. The van der Waals surface area contributed by atoms with Gasteiger partial charge < -0.3 is 10.1 Å². The van der Waals surface area contributed by atoms with Crippen LogP contribution in [0.5, 0.6) is 0 Å². The van der Waals surface area contributed by atoms with Crippen molar-refractivity contribution in [1.29, 1.82) is 0 Å². The van der Waals surface area contributed by atoms with Crippen LogP contribution < -0.4 is 5.32 Å². The Morgan fingerprint density at radius 3 is 2.45 bits per heavy atom. The van der Waals surface area contributed by atoms with Gasteiger partial charge in [-0.1, -0.05) is 28.1 Å². The van der Waals surface area contributed by atoms with Gasteiger partial charge in [0.2, 0.25) is 0 Å². The van der Waals surface area contributed by atoms with E-state index in [2.05, 4.69) is 26.0 Å². The maximum Gasteiger partial charge on any atom is 0.482 e. The smallest absolute Gasteiger partial charge is 0.313 e. The second-order valence-corrected chi connectivity index (χ2v) is 4.94. The Bertz CT molecular complexity index is 425. The van der Waals surface area contributed by atoms with E-state index in [4.69, 9.17) is 0 Å². The van der Waals surface area contributed by atoms with Gasteiger partial charge in [0.25, 0.3) is 0 Å². The summed E-state index contributed by atoms with van der Waals surface area (Å²) < 4.78 is 64.5. The molecule has 20 heavy (non-hydrogen) atoms. The van der Waals surface area contributed by atoms with E-state index in [1.54, 1.807) is 0 Å². The molecule has 0 saturated carbocycles. The van der Waals surface area contributed by atoms with E-state index in [0.29, 0.717) is 6.54 Å². The highest BCUT2D eigenvalue weighted by molar-refractivity contribution is 9.10. The van der Waals surface area contributed by atoms with Crippen LogP contribution in [0.4, 0.5) is 22.0 Å². The summed E-state index contributed by atoms with van der Waals surface area (Å²) in [6.07, 6.45) is -10.7. The van der Waals surface area contributed by atoms with Crippen molar-refractivity contribution >= 4 is 15.9 Å². The average molecular weight is 362 g/mol. The molecule has 0 aromatic heterocycles. The average Bonchev–Trinajstić information content (AvgIpc) is 2.32. The number of rotatable bonds is 7. The van der Waals surface area contributed by atoms with Crippen molar-refractivity contribution in [2.45, 2.75) is 25.3 Å². The topological polar surface area (TPSA) is 21.3 Å². The van der Waals surface area contributed by atoms with Crippen molar-refractivity contribution in [1.82, 2.24) is 5.32 Å². The molecule has 0 aliphatic heterocycles. The van der Waals surface area contributed by atoms with Crippen molar-refractivity contribution in [3.05, 3.63) is 34.3 Å². The predicted molar refractivity (Wildman–Crippen MR) is 67.4 cm³/mol. The molecule has 1 aromatic carbocycles. The van der Waals surface area contributed by atoms with Crippen LogP contribution >= 0.6 is 15.9 Å². The lowest BCUT2D eigenvalue weighted by Gasteiger charge is -2.19. The molecule has 0 spiro atoms. The van der Waals surface area contributed by atoms with E-state index in [-0.39, 0.29) is 13.0 Å². The fraction of sp³-hybridized carbons (Fsp3) is 0.500. The van der Waals surface area contributed by atoms with Crippen LogP contribution in [0.3, 0.4) is 0 Å². The first-order valence-corrected chi connectivity index (χ1v) is 6.55. The molecule has 0 aliphatic carbocycles. The summed E-state index contributed by atoms with van der Waals surface area (Å²) in [5.41, 5.74) is 0.973. The Morgan fingerprint density at radius 2 is 1.85 bits per heavy atom. The van der Waals surface area contributed by atoms with Crippen molar-refractivity contribution in [2.75, 3.05) is 13.2 Å². The maximum atomic E-state index is 12.4. The fourth-order valence-corrected chi connectivity index (χ4v) is 1.81. The Hall–Kier alpha value is -0.730. The zero-order chi connectivity index (χ0) is 15.2. The molecule has 0 radical (unpaired) electrons. The highest BCUT2D eigenvalue weighted by Gasteiger charge is 2.59. The minimum atomic E-state index is -5.67. The quantitative estimate of drug-likeness (QED) is 0.583. The Balaban J connectivity index is 2.17. The molecular formula is C12H13BrF5NO. The first-order valence-electron chi connectivity index (χ1n) is 5.76. The lowest BCUT2D eigenvalue weighted by atomic mass is 10.2. The van der Waals surface area contributed by atoms with Crippen LogP contribution in [0.15, 0.2) is 28.7 Å². The highest BCUT2D eigenvalue weighted by Crippen LogP contribution is 2.36. The summed E-state index contributed by atoms with van der Waals surface area (Å²) in [5.74, 6) is 0. The molecule has 8 heteroatoms. The Morgan fingerprint density at radius 1 is 1.15 bits per heavy atom. The second kappa shape index (κ2) is 7.33. The van der Waals surface area contributed by atoms with Gasteiger partial charge in [0.05, 0.1) is 6.61 Å². The predicted octanol–water partition coefficient (Wildman–Crippen LogP) is 4.10. The summed E-state index contributed by atoms with van der Waals surface area (Å²) in [7, 11) is 0. The lowest BCUT2D eigenvalue weighted by molar-refractivity contribution is -0.391. The summed E-state index contributed by atoms with van der Waals surface area (Å²) in [5, 5.41) is 2.93. The van der Waals surface area contributed by atoms with Crippen LogP contribution in [0.25, 0.3) is 0 Å². The van der Waals surface area contributed by atoms with Gasteiger partial charge in [-0.3, -0.25) is 0 Å². The van der Waals surface area contributed by atoms with Crippen molar-refractivity contribution in [3.8, 4) is 0 Å². The molecule has 1 rings (SSSR count). The second-order valence-electron chi connectivity index (χ2n) is 4.02. The molecular weight excluding hydrogens is 349 g/mol. The van der Waals surface area contributed by atoms with Crippen LogP contribution in [-0.4, -0.2) is 25.4 Å². The lowest BCUT2D eigenvalue weighted by Crippen LogP contribution is -2.39. The zero-order valence-electron chi connectivity index (χ0n) is 10.3. The summed E-state index contributed by atoms with van der Waals surface area (Å²) in [6.45, 7) is 0.105. The third kappa shape index (κ3) is 5.72. The molecule has 0 fully saturated rings. The highest BCUT2D eigenvalue weighted by atomic mass is 79.9. The molecule has 0 bridgehead atoms. The van der Waals surface area contributed by atoms with E-state index >= 15 is 0 Å². The van der Waals surface area contributed by atoms with Crippen molar-refractivity contribution in [2.24, 2.45) is 0 Å². The minimum absolute atomic E-state index is 0.0552. The van der Waals surface area contributed by atoms with Gasteiger partial charge in [-0.2, -0.15) is 22.0 Å². The van der Waals surface area contributed by atoms with Gasteiger partial charge in [-0.15, -0.1) is 0 Å². The molecule has 2 nitrogen and oxygen atoms in total. The van der Waals surface area contributed by atoms with Crippen LogP contribution in [-0.2, 0) is 11.3 Å². The molecule has 0 unspecified atom stereocenters. The van der Waals surface area contributed by atoms with Gasteiger partial charge >= 0.3 is 12.3 Å². The molecule has 0 aliphatic rings. The van der Waals surface area contributed by atoms with Crippen molar-refractivity contribution < 1.29 is 26.7 Å². The largest absolute Gasteiger partial charge is 0.482 e. The van der Waals surface area contributed by atoms with E-state index in [9.17, 15) is 22.0 Å². The van der Waals surface area contributed by atoms with E-state index in [0.717, 1.165) is 10.0 Å². The van der Waals surface area contributed by atoms with Crippen LogP contribution in [0.2, 0.25) is 0 Å². The van der Waals surface area contributed by atoms with Crippen molar-refractivity contribution in [3.63, 3.8) is 0 Å². The molecule has 114 valence electrons. The number of benzene rings is 1. The molecule has 1 aromatic rings. The molecule has 0 atom stereocenters. The number of halogens is 6. The number of alkyl halides is 5. The summed E-state index contributed by atoms with van der Waals surface area (Å²) in [6, 6.07) is 7.44. The van der Waals surface area contributed by atoms with Crippen LogP contribution in [0.1, 0.15) is 12.0 Å². The van der Waals surface area contributed by atoms with Crippen LogP contribution in [0, 0.1) is 0 Å². The van der Waals surface area contributed by atoms with Gasteiger partial charge in [0.1, 0.15) is 0 Å². The van der Waals surface area contributed by atoms with E-state index < -0.39 is 18.9 Å².